The Balaban J connectivity index is 1.30. The Morgan fingerprint density at radius 1 is 1.10 bits per heavy atom. The molecule has 0 aliphatic carbocycles. The van der Waals surface area contributed by atoms with Gasteiger partial charge < -0.3 is 19.8 Å². The first-order valence-corrected chi connectivity index (χ1v) is 10.6. The van der Waals surface area contributed by atoms with Gasteiger partial charge in [0.05, 0.1) is 12.6 Å². The van der Waals surface area contributed by atoms with Crippen LogP contribution in [0.3, 0.4) is 0 Å². The quantitative estimate of drug-likeness (QED) is 0.311. The third-order valence-corrected chi connectivity index (χ3v) is 5.74. The molecule has 1 atom stereocenters. The molecule has 3 aromatic rings. The molecule has 0 saturated carbocycles. The predicted molar refractivity (Wildman–Crippen MR) is 120 cm³/mol. The van der Waals surface area contributed by atoms with E-state index in [9.17, 15) is 4.79 Å². The molecule has 0 amide bonds. The fraction of sp³-hybridized carbons (Fsp3) is 0.320. The molecule has 2 heterocycles. The molecule has 1 aliphatic rings. The van der Waals surface area contributed by atoms with Gasteiger partial charge in [0.15, 0.2) is 5.75 Å². The molecule has 0 saturated heterocycles. The van der Waals surface area contributed by atoms with Crippen molar-refractivity contribution in [1.82, 2.24) is 10.3 Å². The molecule has 4 rings (SSSR count). The first kappa shape index (κ1) is 20.2. The molecular formula is C25H28N2O3. The van der Waals surface area contributed by atoms with Crippen molar-refractivity contribution >= 4 is 22.6 Å². The monoisotopic (exact) mass is 404 g/mol. The fourth-order valence-electron chi connectivity index (χ4n) is 4.18. The largest absolute Gasteiger partial charge is 0.513 e. The minimum atomic E-state index is -0.706. The van der Waals surface area contributed by atoms with Gasteiger partial charge in [-0.25, -0.2) is 4.79 Å². The first-order valence-electron chi connectivity index (χ1n) is 10.6. The number of carbonyl (C=O) groups excluding carboxylic acids is 1. The molecule has 156 valence electrons. The van der Waals surface area contributed by atoms with Gasteiger partial charge in [-0.05, 0) is 48.4 Å². The van der Waals surface area contributed by atoms with Gasteiger partial charge in [0.1, 0.15) is 0 Å². The zero-order valence-electron chi connectivity index (χ0n) is 17.3. The lowest BCUT2D eigenvalue weighted by Gasteiger charge is -2.24. The summed E-state index contributed by atoms with van der Waals surface area (Å²) in [5, 5.41) is 4.73. The average Bonchev–Trinajstić information content (AvgIpc) is 3.21. The SMILES string of the molecule is COC(=O)Oc1cccc2c(CCCCC3CC(c4ccccc4)=CCN3)c[nH]c12. The van der Waals surface area contributed by atoms with Crippen LogP contribution >= 0.6 is 0 Å². The number of aryl methyl sites for hydroxylation is 1. The Morgan fingerprint density at radius 3 is 2.80 bits per heavy atom. The molecule has 0 fully saturated rings. The third kappa shape index (κ3) is 4.74. The number of hydrogen-bond donors (Lipinski definition) is 2. The summed E-state index contributed by atoms with van der Waals surface area (Å²) in [6.45, 7) is 0.945. The Morgan fingerprint density at radius 2 is 1.97 bits per heavy atom. The molecule has 0 spiro atoms. The molecular weight excluding hydrogens is 376 g/mol. The Bertz CT molecular complexity index is 1020. The van der Waals surface area contributed by atoms with E-state index in [1.54, 1.807) is 6.07 Å². The van der Waals surface area contributed by atoms with Crippen LogP contribution in [0, 0.1) is 0 Å². The van der Waals surface area contributed by atoms with Gasteiger partial charge in [0.2, 0.25) is 0 Å². The number of nitrogens with one attached hydrogen (secondary N) is 2. The Labute approximate surface area is 177 Å². The van der Waals surface area contributed by atoms with E-state index in [-0.39, 0.29) is 0 Å². The van der Waals surface area contributed by atoms with Gasteiger partial charge in [-0.1, -0.05) is 55.0 Å². The highest BCUT2D eigenvalue weighted by molar-refractivity contribution is 5.89. The number of H-pyrrole nitrogens is 1. The number of hydrogen-bond acceptors (Lipinski definition) is 4. The van der Waals surface area contributed by atoms with Crippen molar-refractivity contribution in [3.8, 4) is 5.75 Å². The maximum atomic E-state index is 11.4. The van der Waals surface area contributed by atoms with Crippen LogP contribution in [0.2, 0.25) is 0 Å². The van der Waals surface area contributed by atoms with E-state index >= 15 is 0 Å². The number of benzene rings is 2. The van der Waals surface area contributed by atoms with Crippen LogP contribution in [-0.2, 0) is 11.2 Å². The smallest absolute Gasteiger partial charge is 0.437 e. The van der Waals surface area contributed by atoms with E-state index in [1.165, 1.54) is 36.7 Å². The standard InChI is InChI=1S/C25H28N2O3/c1-29-25(28)30-23-13-7-12-22-20(17-27-24(22)23)10-5-6-11-21-16-19(14-15-26-21)18-8-3-2-4-9-18/h2-4,7-9,12-14,17,21,26-27H,5-6,10-11,15-16H2,1H3. The molecule has 5 heteroatoms. The van der Waals surface area contributed by atoms with Crippen molar-refractivity contribution in [2.24, 2.45) is 0 Å². The molecule has 0 radical (unpaired) electrons. The number of para-hydroxylation sites is 1. The average molecular weight is 405 g/mol. The number of rotatable bonds is 7. The van der Waals surface area contributed by atoms with Crippen molar-refractivity contribution in [3.05, 3.63) is 71.9 Å². The summed E-state index contributed by atoms with van der Waals surface area (Å²) in [6.07, 6.45) is 9.17. The molecule has 1 aliphatic heterocycles. The molecule has 1 unspecified atom stereocenters. The number of methoxy groups -OCH3 is 1. The minimum Gasteiger partial charge on any atom is -0.437 e. The highest BCUT2D eigenvalue weighted by Gasteiger charge is 2.16. The number of ether oxygens (including phenoxy) is 2. The zero-order chi connectivity index (χ0) is 20.8. The van der Waals surface area contributed by atoms with Crippen LogP contribution in [0.1, 0.15) is 36.8 Å². The number of aromatic nitrogens is 1. The molecule has 5 nitrogen and oxygen atoms in total. The predicted octanol–water partition coefficient (Wildman–Crippen LogP) is 5.47. The van der Waals surface area contributed by atoms with Crippen molar-refractivity contribution in [3.63, 3.8) is 0 Å². The van der Waals surface area contributed by atoms with Crippen molar-refractivity contribution in [2.75, 3.05) is 13.7 Å². The van der Waals surface area contributed by atoms with Gasteiger partial charge in [-0.15, -0.1) is 0 Å². The highest BCUT2D eigenvalue weighted by atomic mass is 16.7. The molecule has 0 bridgehead atoms. The van der Waals surface area contributed by atoms with Gasteiger partial charge in [-0.3, -0.25) is 0 Å². The second-order valence-corrected chi connectivity index (χ2v) is 7.70. The Hall–Kier alpha value is -3.05. The van der Waals surface area contributed by atoms with E-state index in [1.807, 2.05) is 12.3 Å². The van der Waals surface area contributed by atoms with E-state index in [2.05, 4.69) is 57.5 Å². The molecule has 2 aromatic carbocycles. The van der Waals surface area contributed by atoms with E-state index in [0.29, 0.717) is 11.8 Å². The van der Waals surface area contributed by atoms with Crippen molar-refractivity contribution < 1.29 is 14.3 Å². The number of carbonyl (C=O) groups is 1. The summed E-state index contributed by atoms with van der Waals surface area (Å²) in [6, 6.07) is 16.9. The summed E-state index contributed by atoms with van der Waals surface area (Å²) >= 11 is 0. The lowest BCUT2D eigenvalue weighted by molar-refractivity contribution is 0.122. The zero-order valence-corrected chi connectivity index (χ0v) is 17.3. The normalized spacial score (nSPS) is 16.3. The summed E-state index contributed by atoms with van der Waals surface area (Å²) in [7, 11) is 1.31. The van der Waals surface area contributed by atoms with Gasteiger partial charge in [0, 0.05) is 24.2 Å². The van der Waals surface area contributed by atoms with Gasteiger partial charge in [0.25, 0.3) is 0 Å². The van der Waals surface area contributed by atoms with E-state index in [0.717, 1.165) is 36.7 Å². The molecule has 2 N–H and O–H groups in total. The van der Waals surface area contributed by atoms with Crippen LogP contribution in [0.4, 0.5) is 4.79 Å². The van der Waals surface area contributed by atoms with Gasteiger partial charge in [-0.2, -0.15) is 0 Å². The highest BCUT2D eigenvalue weighted by Crippen LogP contribution is 2.29. The van der Waals surface area contributed by atoms with Crippen LogP contribution in [0.25, 0.3) is 16.5 Å². The molecule has 30 heavy (non-hydrogen) atoms. The number of fused-ring (bicyclic) bond motifs is 1. The van der Waals surface area contributed by atoms with E-state index in [4.69, 9.17) is 4.74 Å². The lowest BCUT2D eigenvalue weighted by Crippen LogP contribution is -2.32. The summed E-state index contributed by atoms with van der Waals surface area (Å²) in [5.41, 5.74) is 4.88. The van der Waals surface area contributed by atoms with Crippen LogP contribution in [0.15, 0.2) is 60.8 Å². The van der Waals surface area contributed by atoms with Crippen molar-refractivity contribution in [1.29, 1.82) is 0 Å². The number of unbranched alkanes of at least 4 members (excludes halogenated alkanes) is 1. The maximum absolute atomic E-state index is 11.4. The second kappa shape index (κ2) is 9.63. The first-order chi connectivity index (χ1) is 14.7. The minimum absolute atomic E-state index is 0.497. The van der Waals surface area contributed by atoms with Crippen molar-refractivity contribution in [2.45, 2.75) is 38.1 Å². The van der Waals surface area contributed by atoms with Crippen LogP contribution in [-0.4, -0.2) is 30.8 Å². The van der Waals surface area contributed by atoms with Crippen LogP contribution < -0.4 is 10.1 Å². The second-order valence-electron chi connectivity index (χ2n) is 7.70. The summed E-state index contributed by atoms with van der Waals surface area (Å²) in [5.74, 6) is 0.497. The third-order valence-electron chi connectivity index (χ3n) is 5.74. The summed E-state index contributed by atoms with van der Waals surface area (Å²) < 4.78 is 9.83. The maximum Gasteiger partial charge on any atom is 0.513 e. The summed E-state index contributed by atoms with van der Waals surface area (Å²) in [4.78, 5) is 14.7. The fourth-order valence-corrected chi connectivity index (χ4v) is 4.18. The Kier molecular flexibility index (Phi) is 6.50. The lowest BCUT2D eigenvalue weighted by atomic mass is 9.92. The molecule has 1 aromatic heterocycles. The van der Waals surface area contributed by atoms with Crippen LogP contribution in [0.5, 0.6) is 5.75 Å². The number of aromatic amines is 1. The van der Waals surface area contributed by atoms with E-state index < -0.39 is 6.16 Å². The van der Waals surface area contributed by atoms with Gasteiger partial charge >= 0.3 is 6.16 Å². The topological polar surface area (TPSA) is 63.4 Å².